The zero-order valence-corrected chi connectivity index (χ0v) is 25.1. The van der Waals surface area contributed by atoms with Crippen molar-refractivity contribution in [2.75, 3.05) is 16.0 Å². The van der Waals surface area contributed by atoms with Crippen LogP contribution in [0.1, 0.15) is 38.2 Å². The Bertz CT molecular complexity index is 1840. The lowest BCUT2D eigenvalue weighted by molar-refractivity contribution is 0.101. The Labute approximate surface area is 257 Å². The lowest BCUT2D eigenvalue weighted by atomic mass is 10.1. The molecule has 43 heavy (non-hydrogen) atoms. The molecule has 4 heterocycles. The van der Waals surface area contributed by atoms with Gasteiger partial charge in [-0.25, -0.2) is 9.97 Å². The van der Waals surface area contributed by atoms with E-state index in [2.05, 4.69) is 37.5 Å². The van der Waals surface area contributed by atoms with Gasteiger partial charge in [-0.1, -0.05) is 43.0 Å². The first-order valence-corrected chi connectivity index (χ1v) is 15.0. The van der Waals surface area contributed by atoms with Crippen molar-refractivity contribution in [1.29, 1.82) is 0 Å². The van der Waals surface area contributed by atoms with E-state index in [0.717, 1.165) is 32.3 Å². The van der Waals surface area contributed by atoms with Crippen LogP contribution in [0.25, 0.3) is 15.3 Å². The van der Waals surface area contributed by atoms with Crippen molar-refractivity contribution in [1.82, 2.24) is 15.0 Å². The third kappa shape index (κ3) is 7.37. The molecule has 0 saturated heterocycles. The summed E-state index contributed by atoms with van der Waals surface area (Å²) in [5.41, 5.74) is 4.65. The van der Waals surface area contributed by atoms with Crippen molar-refractivity contribution in [2.24, 2.45) is 0 Å². The molecule has 5 aromatic rings. The second-order valence-electron chi connectivity index (χ2n) is 9.29. The molecule has 0 aliphatic carbocycles. The fraction of sp³-hybridized carbons (Fsp3) is 0.0606. The Kier molecular flexibility index (Phi) is 9.30. The Morgan fingerprint density at radius 2 is 1.81 bits per heavy atom. The van der Waals surface area contributed by atoms with Crippen LogP contribution in [0.5, 0.6) is 0 Å². The fourth-order valence-corrected chi connectivity index (χ4v) is 5.84. The Hall–Kier alpha value is -5.19. The van der Waals surface area contributed by atoms with Gasteiger partial charge in [0.15, 0.2) is 0 Å². The highest BCUT2D eigenvalue weighted by atomic mass is 32.1. The highest BCUT2D eigenvalue weighted by molar-refractivity contribution is 7.22. The van der Waals surface area contributed by atoms with Crippen LogP contribution in [0.4, 0.5) is 23.0 Å². The van der Waals surface area contributed by atoms with Gasteiger partial charge in [0.05, 0.1) is 28.0 Å². The molecule has 0 spiro atoms. The molecule has 5 rings (SSSR count). The molecule has 214 valence electrons. The van der Waals surface area contributed by atoms with E-state index in [1.807, 2.05) is 79.9 Å². The number of aryl methyl sites for hydroxylation is 1. The number of carbonyl (C=O) groups is 2. The van der Waals surface area contributed by atoms with Crippen LogP contribution < -0.4 is 16.0 Å². The highest BCUT2D eigenvalue weighted by Crippen LogP contribution is 2.32. The smallest absolute Gasteiger partial charge is 0.265 e. The Morgan fingerprint density at radius 1 is 0.953 bits per heavy atom. The zero-order chi connectivity index (χ0) is 30.2. The van der Waals surface area contributed by atoms with Gasteiger partial charge in [-0.3, -0.25) is 14.6 Å². The summed E-state index contributed by atoms with van der Waals surface area (Å²) in [5, 5.41) is 11.0. The number of thiophene rings is 2. The highest BCUT2D eigenvalue weighted by Gasteiger charge is 2.14. The normalized spacial score (nSPS) is 11.3. The lowest BCUT2D eigenvalue weighted by Crippen LogP contribution is -2.15. The van der Waals surface area contributed by atoms with E-state index >= 15 is 0 Å². The van der Waals surface area contributed by atoms with Gasteiger partial charge in [0, 0.05) is 33.5 Å². The molecule has 0 unspecified atom stereocenters. The van der Waals surface area contributed by atoms with Crippen LogP contribution >= 0.6 is 22.7 Å². The van der Waals surface area contributed by atoms with E-state index in [-0.39, 0.29) is 11.8 Å². The summed E-state index contributed by atoms with van der Waals surface area (Å²) in [6.45, 7) is 7.67. The maximum absolute atomic E-state index is 13.1. The van der Waals surface area contributed by atoms with Gasteiger partial charge in [-0.15, -0.1) is 22.7 Å². The minimum atomic E-state index is -0.363. The number of pyridine rings is 1. The second kappa shape index (κ2) is 13.6. The summed E-state index contributed by atoms with van der Waals surface area (Å²) < 4.78 is 0. The van der Waals surface area contributed by atoms with Crippen molar-refractivity contribution < 1.29 is 9.59 Å². The van der Waals surface area contributed by atoms with Crippen LogP contribution in [0, 0.1) is 6.92 Å². The van der Waals surface area contributed by atoms with Gasteiger partial charge in [-0.2, -0.15) is 0 Å². The minimum absolute atomic E-state index is 0.259. The van der Waals surface area contributed by atoms with Crippen LogP contribution in [-0.2, 0) is 0 Å². The van der Waals surface area contributed by atoms with Crippen molar-refractivity contribution in [3.63, 3.8) is 0 Å². The van der Waals surface area contributed by atoms with Gasteiger partial charge in [-0.05, 0) is 72.8 Å². The van der Waals surface area contributed by atoms with Crippen LogP contribution in [0.3, 0.4) is 0 Å². The quantitative estimate of drug-likeness (QED) is 0.138. The summed E-state index contributed by atoms with van der Waals surface area (Å²) >= 11 is 3.04. The van der Waals surface area contributed by atoms with E-state index < -0.39 is 0 Å². The average molecular weight is 605 g/mol. The predicted molar refractivity (Wildman–Crippen MR) is 177 cm³/mol. The molecule has 3 N–H and O–H groups in total. The monoisotopic (exact) mass is 604 g/mol. The van der Waals surface area contributed by atoms with Crippen LogP contribution in [0.15, 0.2) is 109 Å². The Balaban J connectivity index is 1.27. The molecule has 4 aromatic heterocycles. The van der Waals surface area contributed by atoms with Gasteiger partial charge in [0.1, 0.15) is 0 Å². The number of nitrogens with zero attached hydrogens (tertiary/aromatic N) is 3. The first-order chi connectivity index (χ1) is 20.9. The summed E-state index contributed by atoms with van der Waals surface area (Å²) in [4.78, 5) is 41.9. The number of aromatic nitrogens is 3. The van der Waals surface area contributed by atoms with Gasteiger partial charge in [0.2, 0.25) is 5.95 Å². The number of amides is 2. The van der Waals surface area contributed by atoms with Crippen LogP contribution in [-0.4, -0.2) is 26.8 Å². The number of hydrogen-bond donors (Lipinski definition) is 3. The number of allylic oxidation sites excluding steroid dienone is 5. The van der Waals surface area contributed by atoms with E-state index in [0.29, 0.717) is 27.8 Å². The summed E-state index contributed by atoms with van der Waals surface area (Å²) in [7, 11) is 0. The maximum atomic E-state index is 13.1. The molecule has 2 amide bonds. The summed E-state index contributed by atoms with van der Waals surface area (Å²) in [6.07, 6.45) is 12.1. The molecule has 0 radical (unpaired) electrons. The molecule has 0 aliphatic heterocycles. The summed E-state index contributed by atoms with van der Waals surface area (Å²) in [6, 6.07) is 16.7. The SMILES string of the molecule is C=C/C=C(\C=C/C)c1ccnc(Nc2cc(NC(=O)c3cncc(NC(=O)c4ccc(-c5cccs5)s4)c3)ccc2C)n1. The fourth-order valence-electron chi connectivity index (χ4n) is 4.11. The zero-order valence-electron chi connectivity index (χ0n) is 23.5. The predicted octanol–water partition coefficient (Wildman–Crippen LogP) is 8.36. The molecule has 1 aromatic carbocycles. The second-order valence-corrected chi connectivity index (χ2v) is 11.3. The van der Waals surface area contributed by atoms with Gasteiger partial charge >= 0.3 is 0 Å². The van der Waals surface area contributed by atoms with E-state index in [1.54, 1.807) is 35.7 Å². The Morgan fingerprint density at radius 3 is 2.60 bits per heavy atom. The number of benzene rings is 1. The van der Waals surface area contributed by atoms with E-state index in [9.17, 15) is 9.59 Å². The molecule has 0 fully saturated rings. The average Bonchev–Trinajstić information content (AvgIpc) is 3.72. The van der Waals surface area contributed by atoms with Crippen molar-refractivity contribution in [3.05, 3.63) is 131 Å². The van der Waals surface area contributed by atoms with Crippen LogP contribution in [0.2, 0.25) is 0 Å². The number of nitrogens with one attached hydrogen (secondary N) is 3. The minimum Gasteiger partial charge on any atom is -0.324 e. The molecular weight excluding hydrogens is 577 g/mol. The molecule has 0 bridgehead atoms. The lowest BCUT2D eigenvalue weighted by Gasteiger charge is -2.12. The molecule has 8 nitrogen and oxygen atoms in total. The summed E-state index contributed by atoms with van der Waals surface area (Å²) in [5.74, 6) is -0.201. The third-order valence-electron chi connectivity index (χ3n) is 6.19. The maximum Gasteiger partial charge on any atom is 0.265 e. The van der Waals surface area contributed by atoms with Crippen molar-refractivity contribution in [2.45, 2.75) is 13.8 Å². The van der Waals surface area contributed by atoms with Crippen molar-refractivity contribution in [3.8, 4) is 9.75 Å². The number of rotatable bonds is 10. The van der Waals surface area contributed by atoms with E-state index in [1.165, 1.54) is 23.7 Å². The molecule has 10 heteroatoms. The number of hydrogen-bond acceptors (Lipinski definition) is 8. The number of anilines is 4. The van der Waals surface area contributed by atoms with Gasteiger partial charge in [0.25, 0.3) is 11.8 Å². The number of carbonyl (C=O) groups excluding carboxylic acids is 2. The van der Waals surface area contributed by atoms with Gasteiger partial charge < -0.3 is 16.0 Å². The van der Waals surface area contributed by atoms with Crippen molar-refractivity contribution >= 4 is 63.1 Å². The standard InChI is InChI=1S/C33H28N6O2S2/c1-4-7-22(8-5-2)26-14-15-35-33(38-26)39-27-18-24(11-10-21(27)3)36-31(40)23-17-25(20-34-19-23)37-32(41)30-13-12-29(43-30)28-9-6-16-42-28/h4-20H,1H2,2-3H3,(H,36,40)(H,37,41)(H,35,38,39)/b8-5-,22-7+. The first-order valence-electron chi connectivity index (χ1n) is 13.3. The largest absolute Gasteiger partial charge is 0.324 e. The molecule has 0 saturated carbocycles. The third-order valence-corrected chi connectivity index (χ3v) is 8.34. The van der Waals surface area contributed by atoms with E-state index in [4.69, 9.17) is 0 Å². The molecular formula is C33H28N6O2S2. The first kappa shape index (κ1) is 29.3. The topological polar surface area (TPSA) is 109 Å². The molecule has 0 aliphatic rings. The molecule has 0 atom stereocenters.